The second-order valence-corrected chi connectivity index (χ2v) is 4.71. The number of amides is 1. The van der Waals surface area contributed by atoms with Crippen molar-refractivity contribution < 1.29 is 14.6 Å². The third-order valence-electron chi connectivity index (χ3n) is 3.41. The van der Waals surface area contributed by atoms with Gasteiger partial charge >= 0.3 is 0 Å². The van der Waals surface area contributed by atoms with E-state index in [-0.39, 0.29) is 5.91 Å². The minimum atomic E-state index is -0.471. The van der Waals surface area contributed by atoms with E-state index < -0.39 is 6.10 Å². The first-order valence-electron chi connectivity index (χ1n) is 6.89. The summed E-state index contributed by atoms with van der Waals surface area (Å²) in [6.45, 7) is 3.67. The molecule has 4 nitrogen and oxygen atoms in total. The predicted molar refractivity (Wildman–Crippen MR) is 74.1 cm³/mol. The maximum absolute atomic E-state index is 12.3. The topological polar surface area (TPSA) is 49.8 Å². The van der Waals surface area contributed by atoms with E-state index in [2.05, 4.69) is 0 Å². The first-order valence-corrected chi connectivity index (χ1v) is 6.89. The van der Waals surface area contributed by atoms with Gasteiger partial charge in [-0.05, 0) is 25.8 Å². The lowest BCUT2D eigenvalue weighted by Crippen LogP contribution is -2.32. The molecule has 1 aromatic rings. The Kier molecular flexibility index (Phi) is 4.93. The van der Waals surface area contributed by atoms with Gasteiger partial charge in [0.2, 0.25) is 5.91 Å². The Bertz CT molecular complexity index is 433. The summed E-state index contributed by atoms with van der Waals surface area (Å²) in [7, 11) is 0. The number of anilines is 1. The second kappa shape index (κ2) is 6.68. The number of benzene rings is 1. The van der Waals surface area contributed by atoms with Crippen LogP contribution in [0.5, 0.6) is 0 Å². The average molecular weight is 263 g/mol. The number of para-hydroxylation sites is 1. The summed E-state index contributed by atoms with van der Waals surface area (Å²) >= 11 is 0. The van der Waals surface area contributed by atoms with Gasteiger partial charge in [0, 0.05) is 24.4 Å². The third-order valence-corrected chi connectivity index (χ3v) is 3.41. The molecule has 104 valence electrons. The monoisotopic (exact) mass is 263 g/mol. The molecule has 1 aromatic carbocycles. The zero-order valence-corrected chi connectivity index (χ0v) is 11.3. The number of nitrogens with zero attached hydrogens (tertiary/aromatic N) is 1. The Hall–Kier alpha value is -1.39. The summed E-state index contributed by atoms with van der Waals surface area (Å²) in [5.74, 6) is 0.0648. The van der Waals surface area contributed by atoms with E-state index in [9.17, 15) is 9.90 Å². The molecule has 0 aliphatic carbocycles. The molecule has 0 saturated heterocycles. The van der Waals surface area contributed by atoms with Crippen molar-refractivity contribution in [3.05, 3.63) is 29.8 Å². The lowest BCUT2D eigenvalue weighted by atomic mass is 10.0. The number of rotatable bonds is 4. The lowest BCUT2D eigenvalue weighted by molar-refractivity contribution is -0.119. The van der Waals surface area contributed by atoms with Crippen LogP contribution in [0.25, 0.3) is 0 Å². The van der Waals surface area contributed by atoms with E-state index in [0.29, 0.717) is 32.6 Å². The average Bonchev–Trinajstić information content (AvgIpc) is 2.59. The first kappa shape index (κ1) is 14.0. The molecule has 1 unspecified atom stereocenters. The maximum atomic E-state index is 12.3. The van der Waals surface area contributed by atoms with Crippen molar-refractivity contribution in [1.29, 1.82) is 0 Å². The summed E-state index contributed by atoms with van der Waals surface area (Å²) in [4.78, 5) is 14.0. The Morgan fingerprint density at radius 3 is 3.05 bits per heavy atom. The smallest absolute Gasteiger partial charge is 0.229 e. The number of ether oxygens (including phenoxy) is 1. The fourth-order valence-corrected chi connectivity index (χ4v) is 2.43. The van der Waals surface area contributed by atoms with E-state index in [0.717, 1.165) is 17.7 Å². The summed E-state index contributed by atoms with van der Waals surface area (Å²) in [6, 6.07) is 7.60. The van der Waals surface area contributed by atoms with Gasteiger partial charge < -0.3 is 14.7 Å². The summed E-state index contributed by atoms with van der Waals surface area (Å²) in [5, 5.41) is 10.1. The Morgan fingerprint density at radius 2 is 2.26 bits per heavy atom. The molecule has 19 heavy (non-hydrogen) atoms. The van der Waals surface area contributed by atoms with E-state index in [1.807, 2.05) is 31.2 Å². The van der Waals surface area contributed by atoms with Gasteiger partial charge in [-0.3, -0.25) is 4.79 Å². The Labute approximate surface area is 114 Å². The van der Waals surface area contributed by atoms with Crippen LogP contribution in [-0.4, -0.2) is 30.8 Å². The fourth-order valence-electron chi connectivity index (χ4n) is 2.43. The number of hydrogen-bond acceptors (Lipinski definition) is 3. The van der Waals surface area contributed by atoms with Gasteiger partial charge in [0.1, 0.15) is 0 Å². The van der Waals surface area contributed by atoms with E-state index >= 15 is 0 Å². The van der Waals surface area contributed by atoms with Gasteiger partial charge in [0.15, 0.2) is 0 Å². The van der Waals surface area contributed by atoms with Gasteiger partial charge in [-0.25, -0.2) is 0 Å². The van der Waals surface area contributed by atoms with E-state index in [1.165, 1.54) is 0 Å². The highest BCUT2D eigenvalue weighted by atomic mass is 16.5. The van der Waals surface area contributed by atoms with Crippen molar-refractivity contribution in [3.63, 3.8) is 0 Å². The highest BCUT2D eigenvalue weighted by Gasteiger charge is 2.24. The highest BCUT2D eigenvalue weighted by Crippen LogP contribution is 2.32. The van der Waals surface area contributed by atoms with Crippen LogP contribution >= 0.6 is 0 Å². The molecule has 0 radical (unpaired) electrons. The van der Waals surface area contributed by atoms with Crippen LogP contribution in [0, 0.1) is 0 Å². The van der Waals surface area contributed by atoms with Crippen LogP contribution in [0.4, 0.5) is 5.69 Å². The molecule has 1 aliphatic heterocycles. The summed E-state index contributed by atoms with van der Waals surface area (Å²) < 4.78 is 5.24. The summed E-state index contributed by atoms with van der Waals surface area (Å²) in [5.41, 5.74) is 1.69. The van der Waals surface area contributed by atoms with E-state index in [1.54, 1.807) is 4.90 Å². The third kappa shape index (κ3) is 3.33. The molecule has 0 spiro atoms. The minimum Gasteiger partial charge on any atom is -0.388 e. The van der Waals surface area contributed by atoms with Crippen molar-refractivity contribution in [3.8, 4) is 0 Å². The number of fused-ring (bicyclic) bond motifs is 1. The second-order valence-electron chi connectivity index (χ2n) is 4.71. The normalized spacial score (nSPS) is 18.8. The van der Waals surface area contributed by atoms with Crippen LogP contribution in [0.1, 0.15) is 37.9 Å². The lowest BCUT2D eigenvalue weighted by Gasteiger charge is -2.23. The standard InChI is InChI=1S/C15H21NO3/c1-2-19-11-9-15(18)16-10-5-8-14(17)12-6-3-4-7-13(12)16/h3-4,6-7,14,17H,2,5,8-11H2,1H3. The zero-order chi connectivity index (χ0) is 13.7. The highest BCUT2D eigenvalue weighted by molar-refractivity contribution is 5.94. The molecular weight excluding hydrogens is 242 g/mol. The van der Waals surface area contributed by atoms with Crippen molar-refractivity contribution in [2.24, 2.45) is 0 Å². The first-order chi connectivity index (χ1) is 9.24. The van der Waals surface area contributed by atoms with Crippen molar-refractivity contribution in [2.45, 2.75) is 32.3 Å². The molecule has 1 aliphatic rings. The quantitative estimate of drug-likeness (QED) is 0.848. The van der Waals surface area contributed by atoms with Crippen molar-refractivity contribution in [1.82, 2.24) is 0 Å². The number of carbonyl (C=O) groups excluding carboxylic acids is 1. The molecular formula is C15H21NO3. The number of hydrogen-bond donors (Lipinski definition) is 1. The van der Waals surface area contributed by atoms with Gasteiger partial charge in [0.25, 0.3) is 0 Å². The van der Waals surface area contributed by atoms with Gasteiger partial charge in [0.05, 0.1) is 19.1 Å². The van der Waals surface area contributed by atoms with Crippen molar-refractivity contribution >= 4 is 11.6 Å². The van der Waals surface area contributed by atoms with E-state index in [4.69, 9.17) is 4.74 Å². The number of carbonyl (C=O) groups is 1. The maximum Gasteiger partial charge on any atom is 0.229 e. The van der Waals surface area contributed by atoms with Gasteiger partial charge in [-0.15, -0.1) is 0 Å². The predicted octanol–water partition coefficient (Wildman–Crippen LogP) is 2.27. The molecule has 1 amide bonds. The molecule has 1 heterocycles. The SMILES string of the molecule is CCOCCC(=O)N1CCCC(O)c2ccccc21. The van der Waals surface area contributed by atoms with Gasteiger partial charge in [-0.2, -0.15) is 0 Å². The largest absolute Gasteiger partial charge is 0.388 e. The van der Waals surface area contributed by atoms with Crippen LogP contribution in [-0.2, 0) is 9.53 Å². The molecule has 0 aromatic heterocycles. The molecule has 0 fully saturated rings. The van der Waals surface area contributed by atoms with Gasteiger partial charge in [-0.1, -0.05) is 18.2 Å². The fraction of sp³-hybridized carbons (Fsp3) is 0.533. The molecule has 2 rings (SSSR count). The Morgan fingerprint density at radius 1 is 1.47 bits per heavy atom. The van der Waals surface area contributed by atoms with Crippen LogP contribution in [0.2, 0.25) is 0 Å². The molecule has 4 heteroatoms. The van der Waals surface area contributed by atoms with Crippen LogP contribution in [0.3, 0.4) is 0 Å². The summed E-state index contributed by atoms with van der Waals surface area (Å²) in [6.07, 6.45) is 1.43. The van der Waals surface area contributed by atoms with Crippen molar-refractivity contribution in [2.75, 3.05) is 24.7 Å². The molecule has 0 saturated carbocycles. The number of aliphatic hydroxyl groups is 1. The zero-order valence-electron chi connectivity index (χ0n) is 11.3. The minimum absolute atomic E-state index is 0.0648. The molecule has 1 atom stereocenters. The molecule has 1 N–H and O–H groups in total. The van der Waals surface area contributed by atoms with Crippen LogP contribution < -0.4 is 4.90 Å². The Balaban J connectivity index is 2.16. The number of aliphatic hydroxyl groups excluding tert-OH is 1. The molecule has 0 bridgehead atoms. The van der Waals surface area contributed by atoms with Crippen LogP contribution in [0.15, 0.2) is 24.3 Å².